The maximum atomic E-state index is 12.0. The third-order valence-electron chi connectivity index (χ3n) is 4.52. The van der Waals surface area contributed by atoms with Crippen molar-refractivity contribution >= 4 is 33.3 Å². The van der Waals surface area contributed by atoms with Crippen LogP contribution >= 0.6 is 11.3 Å². The fourth-order valence-corrected chi connectivity index (χ4v) is 3.96. The van der Waals surface area contributed by atoms with Crippen molar-refractivity contribution in [2.75, 3.05) is 19.4 Å². The standard InChI is InChI=1S/C22H20N4OS/c1-26(2)22(27)17-10-8-15(9-11-17)12-23-20-19-18(16-6-4-3-5-7-16)13-28-21(19)25-14-24-20/h3-11,13-14H,12H2,1-2H3,(H,23,24,25). The maximum Gasteiger partial charge on any atom is 0.253 e. The fourth-order valence-electron chi connectivity index (χ4n) is 3.05. The van der Waals surface area contributed by atoms with Crippen LogP contribution in [0.1, 0.15) is 15.9 Å². The highest BCUT2D eigenvalue weighted by molar-refractivity contribution is 7.17. The lowest BCUT2D eigenvalue weighted by Gasteiger charge is -2.11. The summed E-state index contributed by atoms with van der Waals surface area (Å²) >= 11 is 1.62. The lowest BCUT2D eigenvalue weighted by atomic mass is 10.1. The van der Waals surface area contributed by atoms with Gasteiger partial charge in [-0.05, 0) is 23.3 Å². The summed E-state index contributed by atoms with van der Waals surface area (Å²) in [6, 6.07) is 17.9. The van der Waals surface area contributed by atoms with Gasteiger partial charge in [-0.1, -0.05) is 42.5 Å². The third-order valence-corrected chi connectivity index (χ3v) is 5.41. The Labute approximate surface area is 167 Å². The normalized spacial score (nSPS) is 10.8. The number of aromatic nitrogens is 2. The molecule has 2 heterocycles. The summed E-state index contributed by atoms with van der Waals surface area (Å²) in [5, 5.41) is 6.60. The van der Waals surface area contributed by atoms with Gasteiger partial charge >= 0.3 is 0 Å². The number of fused-ring (bicyclic) bond motifs is 1. The molecule has 4 aromatic rings. The molecule has 5 nitrogen and oxygen atoms in total. The van der Waals surface area contributed by atoms with Crippen molar-refractivity contribution in [3.63, 3.8) is 0 Å². The molecule has 0 radical (unpaired) electrons. The number of carbonyl (C=O) groups excluding carboxylic acids is 1. The highest BCUT2D eigenvalue weighted by atomic mass is 32.1. The molecule has 6 heteroatoms. The molecular formula is C22H20N4OS. The Morgan fingerprint density at radius 1 is 1.04 bits per heavy atom. The predicted octanol–water partition coefficient (Wildman–Crippen LogP) is 4.67. The van der Waals surface area contributed by atoms with E-state index in [0.717, 1.165) is 32.7 Å². The van der Waals surface area contributed by atoms with Crippen LogP contribution in [0.3, 0.4) is 0 Å². The molecule has 1 N–H and O–H groups in total. The van der Waals surface area contributed by atoms with Crippen molar-refractivity contribution in [3.05, 3.63) is 77.4 Å². The number of thiophene rings is 1. The molecule has 0 bridgehead atoms. The predicted molar refractivity (Wildman–Crippen MR) is 115 cm³/mol. The number of hydrogen-bond donors (Lipinski definition) is 1. The van der Waals surface area contributed by atoms with E-state index in [-0.39, 0.29) is 5.91 Å². The van der Waals surface area contributed by atoms with Crippen molar-refractivity contribution in [2.24, 2.45) is 0 Å². The first-order valence-corrected chi connectivity index (χ1v) is 9.83. The van der Waals surface area contributed by atoms with Crippen molar-refractivity contribution in [1.29, 1.82) is 0 Å². The van der Waals surface area contributed by atoms with Gasteiger partial charge in [-0.2, -0.15) is 0 Å². The maximum absolute atomic E-state index is 12.0. The number of hydrogen-bond acceptors (Lipinski definition) is 5. The number of benzene rings is 2. The number of nitrogens with zero attached hydrogens (tertiary/aromatic N) is 3. The second kappa shape index (κ2) is 7.78. The molecule has 0 saturated heterocycles. The van der Waals surface area contributed by atoms with E-state index in [1.165, 1.54) is 0 Å². The Balaban J connectivity index is 1.59. The second-order valence-corrected chi connectivity index (χ2v) is 7.53. The molecule has 140 valence electrons. The topological polar surface area (TPSA) is 58.1 Å². The van der Waals surface area contributed by atoms with E-state index in [0.29, 0.717) is 12.1 Å². The Bertz CT molecular complexity index is 1100. The monoisotopic (exact) mass is 388 g/mol. The number of carbonyl (C=O) groups is 1. The summed E-state index contributed by atoms with van der Waals surface area (Å²) in [6.45, 7) is 0.618. The minimum atomic E-state index is 0.00259. The molecule has 0 spiro atoms. The Hall–Kier alpha value is -3.25. The average Bonchev–Trinajstić information content (AvgIpc) is 3.17. The van der Waals surface area contributed by atoms with Gasteiger partial charge in [0.1, 0.15) is 17.0 Å². The molecule has 0 saturated carbocycles. The van der Waals surface area contributed by atoms with Gasteiger partial charge in [-0.15, -0.1) is 11.3 Å². The molecule has 0 aliphatic carbocycles. The van der Waals surface area contributed by atoms with Crippen LogP contribution in [0, 0.1) is 0 Å². The number of rotatable bonds is 5. The summed E-state index contributed by atoms with van der Waals surface area (Å²) in [5.74, 6) is 0.821. The quantitative estimate of drug-likeness (QED) is 0.540. The van der Waals surface area contributed by atoms with E-state index in [1.54, 1.807) is 36.7 Å². The summed E-state index contributed by atoms with van der Waals surface area (Å²) in [7, 11) is 3.51. The average molecular weight is 388 g/mol. The van der Waals surface area contributed by atoms with Gasteiger partial charge in [0.15, 0.2) is 0 Å². The zero-order chi connectivity index (χ0) is 19.5. The van der Waals surface area contributed by atoms with Crippen LogP contribution in [0.2, 0.25) is 0 Å². The first kappa shape index (κ1) is 18.1. The second-order valence-electron chi connectivity index (χ2n) is 6.67. The molecule has 2 aromatic heterocycles. The van der Waals surface area contributed by atoms with Gasteiger partial charge in [0.05, 0.1) is 5.39 Å². The molecule has 4 rings (SSSR count). The van der Waals surface area contributed by atoms with E-state index >= 15 is 0 Å². The number of nitrogens with one attached hydrogen (secondary N) is 1. The molecule has 0 unspecified atom stereocenters. The molecule has 0 aliphatic heterocycles. The zero-order valence-electron chi connectivity index (χ0n) is 15.7. The van der Waals surface area contributed by atoms with Crippen molar-refractivity contribution < 1.29 is 4.79 Å². The first-order valence-electron chi connectivity index (χ1n) is 8.95. The molecule has 1 amide bonds. The van der Waals surface area contributed by atoms with E-state index in [1.807, 2.05) is 42.5 Å². The Kier molecular flexibility index (Phi) is 5.04. The van der Waals surface area contributed by atoms with Crippen LogP contribution in [0.25, 0.3) is 21.3 Å². The van der Waals surface area contributed by atoms with Crippen molar-refractivity contribution in [1.82, 2.24) is 14.9 Å². The van der Waals surface area contributed by atoms with Crippen LogP contribution in [-0.4, -0.2) is 34.9 Å². The molecule has 0 aliphatic rings. The zero-order valence-corrected chi connectivity index (χ0v) is 16.5. The van der Waals surface area contributed by atoms with Gasteiger partial charge in [-0.25, -0.2) is 9.97 Å². The molecule has 0 fully saturated rings. The minimum absolute atomic E-state index is 0.00259. The first-order chi connectivity index (χ1) is 13.6. The van der Waals surface area contributed by atoms with E-state index in [9.17, 15) is 4.79 Å². The summed E-state index contributed by atoms with van der Waals surface area (Å²) in [5.41, 5.74) is 4.05. The molecule has 28 heavy (non-hydrogen) atoms. The third kappa shape index (κ3) is 3.59. The van der Waals surface area contributed by atoms with Crippen LogP contribution in [0.4, 0.5) is 5.82 Å². The summed E-state index contributed by atoms with van der Waals surface area (Å²) in [4.78, 5) is 23.4. The smallest absolute Gasteiger partial charge is 0.253 e. The number of anilines is 1. The lowest BCUT2D eigenvalue weighted by Crippen LogP contribution is -2.21. The molecular weight excluding hydrogens is 368 g/mol. The van der Waals surface area contributed by atoms with Crippen LogP contribution in [0.15, 0.2) is 66.3 Å². The van der Waals surface area contributed by atoms with Crippen LogP contribution in [-0.2, 0) is 6.54 Å². The fraction of sp³-hybridized carbons (Fsp3) is 0.136. The summed E-state index contributed by atoms with van der Waals surface area (Å²) < 4.78 is 0. The minimum Gasteiger partial charge on any atom is -0.365 e. The van der Waals surface area contributed by atoms with Gasteiger partial charge in [-0.3, -0.25) is 4.79 Å². The lowest BCUT2D eigenvalue weighted by molar-refractivity contribution is 0.0827. The van der Waals surface area contributed by atoms with E-state index in [4.69, 9.17) is 0 Å². The highest BCUT2D eigenvalue weighted by Crippen LogP contribution is 2.36. The van der Waals surface area contributed by atoms with Crippen molar-refractivity contribution in [3.8, 4) is 11.1 Å². The van der Waals surface area contributed by atoms with E-state index < -0.39 is 0 Å². The van der Waals surface area contributed by atoms with Crippen molar-refractivity contribution in [2.45, 2.75) is 6.54 Å². The van der Waals surface area contributed by atoms with Crippen LogP contribution in [0.5, 0.6) is 0 Å². The largest absolute Gasteiger partial charge is 0.365 e. The summed E-state index contributed by atoms with van der Waals surface area (Å²) in [6.07, 6.45) is 1.59. The van der Waals surface area contributed by atoms with Gasteiger partial charge < -0.3 is 10.2 Å². The van der Waals surface area contributed by atoms with Gasteiger partial charge in [0.2, 0.25) is 0 Å². The van der Waals surface area contributed by atoms with E-state index in [2.05, 4.69) is 32.8 Å². The van der Waals surface area contributed by atoms with Crippen LogP contribution < -0.4 is 5.32 Å². The molecule has 2 aromatic carbocycles. The van der Waals surface area contributed by atoms with Gasteiger partial charge in [0.25, 0.3) is 5.91 Å². The highest BCUT2D eigenvalue weighted by Gasteiger charge is 2.13. The molecule has 0 atom stereocenters. The number of amides is 1. The Morgan fingerprint density at radius 3 is 2.50 bits per heavy atom. The van der Waals surface area contributed by atoms with Gasteiger partial charge in [0, 0.05) is 37.1 Å². The SMILES string of the molecule is CN(C)C(=O)c1ccc(CNc2ncnc3scc(-c4ccccc4)c23)cc1. The Morgan fingerprint density at radius 2 is 1.79 bits per heavy atom.